The highest BCUT2D eigenvalue weighted by atomic mass is 35.5. The minimum Gasteiger partial charge on any atom is -0.328 e. The summed E-state index contributed by atoms with van der Waals surface area (Å²) in [6, 6.07) is 12.3. The highest BCUT2D eigenvalue weighted by molar-refractivity contribution is 5.85. The van der Waals surface area contributed by atoms with Gasteiger partial charge in [-0.3, -0.25) is 4.98 Å². The summed E-state index contributed by atoms with van der Waals surface area (Å²) in [5, 5.41) is 0. The molecule has 98 valence electrons. The number of fused-ring (bicyclic) bond motifs is 1. The molecule has 3 aromatic rings. The fourth-order valence-corrected chi connectivity index (χ4v) is 2.22. The molecule has 0 saturated heterocycles. The van der Waals surface area contributed by atoms with Gasteiger partial charge in [-0.2, -0.15) is 0 Å². The minimum absolute atomic E-state index is 0. The molecule has 3 rings (SSSR count). The third-order valence-corrected chi connectivity index (χ3v) is 3.12. The average molecular weight is 275 g/mol. The molecule has 1 atom stereocenters. The lowest BCUT2D eigenvalue weighted by molar-refractivity contribution is 0.610. The fourth-order valence-electron chi connectivity index (χ4n) is 2.22. The van der Waals surface area contributed by atoms with E-state index in [0.717, 1.165) is 11.0 Å². The summed E-state index contributed by atoms with van der Waals surface area (Å²) in [6.07, 6.45) is 5.38. The zero-order valence-corrected chi connectivity index (χ0v) is 11.1. The minimum atomic E-state index is 0. The number of nitrogens with two attached hydrogens (primary N) is 1. The molecule has 2 heterocycles. The summed E-state index contributed by atoms with van der Waals surface area (Å²) < 4.78 is 2.10. The molecule has 2 aromatic heterocycles. The van der Waals surface area contributed by atoms with Crippen molar-refractivity contribution in [2.75, 3.05) is 6.54 Å². The van der Waals surface area contributed by atoms with Gasteiger partial charge < -0.3 is 10.3 Å². The maximum Gasteiger partial charge on any atom is 0.107 e. The lowest BCUT2D eigenvalue weighted by Gasteiger charge is -2.17. The van der Waals surface area contributed by atoms with Crippen molar-refractivity contribution < 1.29 is 0 Å². The molecule has 5 heteroatoms. The Bertz CT molecular complexity index is 651. The molecule has 1 aromatic carbocycles. The molecule has 1 unspecified atom stereocenters. The number of benzene rings is 1. The molecule has 0 aliphatic rings. The van der Waals surface area contributed by atoms with Crippen molar-refractivity contribution in [1.29, 1.82) is 0 Å². The van der Waals surface area contributed by atoms with Crippen LogP contribution in [0.4, 0.5) is 0 Å². The number of hydrogen-bond acceptors (Lipinski definition) is 3. The zero-order chi connectivity index (χ0) is 12.4. The van der Waals surface area contributed by atoms with Gasteiger partial charge in [0.05, 0.1) is 24.1 Å². The Kier molecular flexibility index (Phi) is 4.14. The molecule has 0 fully saturated rings. The van der Waals surface area contributed by atoms with Crippen LogP contribution in [0.15, 0.2) is 55.1 Å². The van der Waals surface area contributed by atoms with Gasteiger partial charge in [-0.15, -0.1) is 12.4 Å². The van der Waals surface area contributed by atoms with E-state index < -0.39 is 0 Å². The Morgan fingerprint density at radius 1 is 1.16 bits per heavy atom. The first-order valence-electron chi connectivity index (χ1n) is 5.91. The molecule has 4 nitrogen and oxygen atoms in total. The molecule has 0 radical (unpaired) electrons. The largest absolute Gasteiger partial charge is 0.328 e. The summed E-state index contributed by atoms with van der Waals surface area (Å²) in [7, 11) is 0. The molecule has 0 bridgehead atoms. The number of halogens is 1. The first kappa shape index (κ1) is 13.5. The van der Waals surface area contributed by atoms with Crippen molar-refractivity contribution >= 4 is 23.4 Å². The van der Waals surface area contributed by atoms with Crippen molar-refractivity contribution in [2.24, 2.45) is 5.73 Å². The number of pyridine rings is 1. The van der Waals surface area contributed by atoms with Gasteiger partial charge in [0, 0.05) is 12.7 Å². The van der Waals surface area contributed by atoms with Gasteiger partial charge >= 0.3 is 0 Å². The number of nitrogens with zero attached hydrogens (tertiary/aromatic N) is 3. The predicted octanol–water partition coefficient (Wildman–Crippen LogP) is 2.40. The van der Waals surface area contributed by atoms with E-state index in [9.17, 15) is 0 Å². The molecular formula is C14H15ClN4. The second-order valence-corrected chi connectivity index (χ2v) is 4.18. The summed E-state index contributed by atoms with van der Waals surface area (Å²) >= 11 is 0. The van der Waals surface area contributed by atoms with Crippen molar-refractivity contribution in [3.05, 3.63) is 60.7 Å². The molecule has 19 heavy (non-hydrogen) atoms. The molecule has 0 spiro atoms. The summed E-state index contributed by atoms with van der Waals surface area (Å²) in [5.74, 6) is 0. The highest BCUT2D eigenvalue weighted by Crippen LogP contribution is 2.22. The first-order chi connectivity index (χ1) is 8.90. The van der Waals surface area contributed by atoms with E-state index in [1.165, 1.54) is 5.56 Å². The van der Waals surface area contributed by atoms with Gasteiger partial charge in [-0.05, 0) is 11.6 Å². The molecule has 0 aliphatic carbocycles. The van der Waals surface area contributed by atoms with E-state index in [0.29, 0.717) is 6.54 Å². The Labute approximate surface area is 117 Å². The third kappa shape index (κ3) is 2.45. The maximum atomic E-state index is 5.92. The summed E-state index contributed by atoms with van der Waals surface area (Å²) in [4.78, 5) is 8.43. The van der Waals surface area contributed by atoms with E-state index in [-0.39, 0.29) is 18.4 Å². The SMILES string of the molecule is Cl.NCC(c1ccccc1)n1cnc2cnccc21. The van der Waals surface area contributed by atoms with Crippen molar-refractivity contribution in [3.63, 3.8) is 0 Å². The average Bonchev–Trinajstić information content (AvgIpc) is 2.85. The number of aromatic nitrogens is 3. The molecule has 2 N–H and O–H groups in total. The van der Waals surface area contributed by atoms with Crippen LogP contribution in [-0.2, 0) is 0 Å². The van der Waals surface area contributed by atoms with Gasteiger partial charge in [0.1, 0.15) is 5.52 Å². The smallest absolute Gasteiger partial charge is 0.107 e. The molecular weight excluding hydrogens is 260 g/mol. The standard InChI is InChI=1S/C14H14N4.ClH/c15-8-14(11-4-2-1-3-5-11)18-10-17-12-9-16-7-6-13(12)18;/h1-7,9-10,14H,8,15H2;1H. The van der Waals surface area contributed by atoms with Gasteiger partial charge in [0.2, 0.25) is 0 Å². The molecule has 0 saturated carbocycles. The van der Waals surface area contributed by atoms with Crippen LogP contribution in [0.5, 0.6) is 0 Å². The first-order valence-corrected chi connectivity index (χ1v) is 5.91. The quantitative estimate of drug-likeness (QED) is 0.798. The van der Waals surface area contributed by atoms with Gasteiger partial charge in [-0.25, -0.2) is 4.98 Å². The predicted molar refractivity (Wildman–Crippen MR) is 78.4 cm³/mol. The number of hydrogen-bond donors (Lipinski definition) is 1. The molecule has 0 aliphatic heterocycles. The number of imidazole rings is 1. The van der Waals surface area contributed by atoms with Gasteiger partial charge in [0.15, 0.2) is 0 Å². The molecule has 0 amide bonds. The Morgan fingerprint density at radius 3 is 2.68 bits per heavy atom. The summed E-state index contributed by atoms with van der Waals surface area (Å²) in [5.41, 5.74) is 9.07. The lowest BCUT2D eigenvalue weighted by Crippen LogP contribution is -2.19. The van der Waals surface area contributed by atoms with Crippen LogP contribution in [-0.4, -0.2) is 21.1 Å². The van der Waals surface area contributed by atoms with Crippen LogP contribution >= 0.6 is 12.4 Å². The monoisotopic (exact) mass is 274 g/mol. The van der Waals surface area contributed by atoms with Crippen molar-refractivity contribution in [1.82, 2.24) is 14.5 Å². The van der Waals surface area contributed by atoms with E-state index in [1.807, 2.05) is 30.6 Å². The highest BCUT2D eigenvalue weighted by Gasteiger charge is 2.14. The normalized spacial score (nSPS) is 12.1. The van der Waals surface area contributed by atoms with E-state index in [2.05, 4.69) is 26.7 Å². The van der Waals surface area contributed by atoms with Gasteiger partial charge in [0.25, 0.3) is 0 Å². The second kappa shape index (κ2) is 5.82. The summed E-state index contributed by atoms with van der Waals surface area (Å²) in [6.45, 7) is 0.539. The lowest BCUT2D eigenvalue weighted by atomic mass is 10.1. The maximum absolute atomic E-state index is 5.92. The van der Waals surface area contributed by atoms with Crippen LogP contribution in [0.1, 0.15) is 11.6 Å². The van der Waals surface area contributed by atoms with E-state index in [1.54, 1.807) is 12.4 Å². The van der Waals surface area contributed by atoms with E-state index in [4.69, 9.17) is 5.73 Å². The van der Waals surface area contributed by atoms with Crippen molar-refractivity contribution in [2.45, 2.75) is 6.04 Å². The van der Waals surface area contributed by atoms with Gasteiger partial charge in [-0.1, -0.05) is 30.3 Å². The van der Waals surface area contributed by atoms with Crippen LogP contribution in [0.25, 0.3) is 11.0 Å². The fraction of sp³-hybridized carbons (Fsp3) is 0.143. The Morgan fingerprint density at radius 2 is 1.95 bits per heavy atom. The van der Waals surface area contributed by atoms with Crippen LogP contribution in [0.3, 0.4) is 0 Å². The topological polar surface area (TPSA) is 56.7 Å². The third-order valence-electron chi connectivity index (χ3n) is 3.12. The zero-order valence-electron chi connectivity index (χ0n) is 10.3. The van der Waals surface area contributed by atoms with Crippen molar-refractivity contribution in [3.8, 4) is 0 Å². The van der Waals surface area contributed by atoms with E-state index >= 15 is 0 Å². The van der Waals surface area contributed by atoms with Crippen LogP contribution < -0.4 is 5.73 Å². The Hall–Kier alpha value is -1.91. The van der Waals surface area contributed by atoms with Crippen LogP contribution in [0, 0.1) is 0 Å². The second-order valence-electron chi connectivity index (χ2n) is 4.18. The van der Waals surface area contributed by atoms with Crippen LogP contribution in [0.2, 0.25) is 0 Å². The Balaban J connectivity index is 0.00000133. The number of rotatable bonds is 3.